The lowest BCUT2D eigenvalue weighted by molar-refractivity contribution is -0.385. The van der Waals surface area contributed by atoms with Crippen LogP contribution in [-0.4, -0.2) is 21.5 Å². The van der Waals surface area contributed by atoms with Gasteiger partial charge in [0, 0.05) is 11.6 Å². The minimum Gasteiger partial charge on any atom is -0.505 e. The molecular formula is C10H10FNO3S2. The van der Waals surface area contributed by atoms with Crippen molar-refractivity contribution in [3.05, 3.63) is 33.6 Å². The summed E-state index contributed by atoms with van der Waals surface area (Å²) in [6.07, 6.45) is 1.06. The molecule has 4 nitrogen and oxygen atoms in total. The molecule has 0 unspecified atom stereocenters. The highest BCUT2D eigenvalue weighted by atomic mass is 32.2. The van der Waals surface area contributed by atoms with Crippen molar-refractivity contribution in [2.75, 3.05) is 11.5 Å². The molecule has 0 amide bonds. The molecule has 1 aromatic carbocycles. The van der Waals surface area contributed by atoms with Gasteiger partial charge in [-0.25, -0.2) is 4.39 Å². The molecule has 1 N–H and O–H groups in total. The Bertz CT molecular complexity index is 449. The summed E-state index contributed by atoms with van der Waals surface area (Å²) in [5.41, 5.74) is -0.00604. The quantitative estimate of drug-likeness (QED) is 0.662. The van der Waals surface area contributed by atoms with Crippen LogP contribution < -0.4 is 0 Å². The van der Waals surface area contributed by atoms with E-state index in [1.165, 1.54) is 6.07 Å². The van der Waals surface area contributed by atoms with Crippen LogP contribution in [0.1, 0.15) is 16.6 Å². The maximum atomic E-state index is 13.4. The van der Waals surface area contributed by atoms with Crippen LogP contribution in [0, 0.1) is 15.9 Å². The second-order valence-corrected chi connectivity index (χ2v) is 6.27. The fourth-order valence-corrected chi connectivity index (χ4v) is 4.47. The number of aromatic hydroxyl groups is 1. The van der Waals surface area contributed by atoms with Gasteiger partial charge in [0.25, 0.3) is 5.69 Å². The van der Waals surface area contributed by atoms with Gasteiger partial charge in [-0.05, 0) is 17.9 Å². The van der Waals surface area contributed by atoms with E-state index in [4.69, 9.17) is 0 Å². The Morgan fingerprint density at radius 3 is 2.65 bits per heavy atom. The number of non-ortho nitro benzene ring substituents is 1. The first-order valence-corrected chi connectivity index (χ1v) is 7.09. The lowest BCUT2D eigenvalue weighted by atomic mass is 10.2. The summed E-state index contributed by atoms with van der Waals surface area (Å²) in [5, 5.41) is 20.3. The second-order valence-electron chi connectivity index (χ2n) is 3.55. The highest BCUT2D eigenvalue weighted by Gasteiger charge is 2.25. The Labute approximate surface area is 106 Å². The van der Waals surface area contributed by atoms with E-state index in [9.17, 15) is 19.6 Å². The minimum atomic E-state index is -0.930. The largest absolute Gasteiger partial charge is 0.505 e. The van der Waals surface area contributed by atoms with Crippen LogP contribution >= 0.6 is 23.5 Å². The molecule has 0 radical (unpaired) electrons. The summed E-state index contributed by atoms with van der Waals surface area (Å²) in [4.78, 5) is 9.99. The van der Waals surface area contributed by atoms with E-state index in [2.05, 4.69) is 0 Å². The van der Waals surface area contributed by atoms with Crippen LogP contribution in [0.15, 0.2) is 12.1 Å². The number of hydrogen-bond acceptors (Lipinski definition) is 5. The van der Waals surface area contributed by atoms with Gasteiger partial charge in [0.2, 0.25) is 0 Å². The van der Waals surface area contributed by atoms with Gasteiger partial charge in [-0.15, -0.1) is 23.5 Å². The van der Waals surface area contributed by atoms with Crippen molar-refractivity contribution in [3.8, 4) is 5.75 Å². The molecule has 1 saturated heterocycles. The van der Waals surface area contributed by atoms with Crippen LogP contribution in [0.4, 0.5) is 10.1 Å². The molecule has 0 aromatic heterocycles. The number of halogens is 1. The van der Waals surface area contributed by atoms with E-state index in [1.807, 2.05) is 0 Å². The van der Waals surface area contributed by atoms with E-state index in [0.29, 0.717) is 5.56 Å². The van der Waals surface area contributed by atoms with Gasteiger partial charge >= 0.3 is 0 Å². The van der Waals surface area contributed by atoms with Crippen molar-refractivity contribution in [2.45, 2.75) is 11.0 Å². The predicted molar refractivity (Wildman–Crippen MR) is 67.0 cm³/mol. The molecule has 1 fully saturated rings. The number of benzene rings is 1. The van der Waals surface area contributed by atoms with E-state index in [0.717, 1.165) is 24.0 Å². The Hall–Kier alpha value is -0.950. The van der Waals surface area contributed by atoms with Crippen molar-refractivity contribution in [1.29, 1.82) is 0 Å². The van der Waals surface area contributed by atoms with Gasteiger partial charge in [-0.2, -0.15) is 0 Å². The molecule has 0 bridgehead atoms. The minimum absolute atomic E-state index is 0.127. The molecule has 0 atom stereocenters. The molecule has 2 rings (SSSR count). The molecule has 7 heteroatoms. The second kappa shape index (κ2) is 5.14. The summed E-state index contributed by atoms with van der Waals surface area (Å²) in [7, 11) is 0. The molecule has 92 valence electrons. The zero-order chi connectivity index (χ0) is 12.4. The van der Waals surface area contributed by atoms with Gasteiger partial charge in [-0.3, -0.25) is 10.1 Å². The number of nitro benzene ring substituents is 1. The first-order valence-electron chi connectivity index (χ1n) is 4.99. The predicted octanol–water partition coefficient (Wildman–Crippen LogP) is 3.31. The van der Waals surface area contributed by atoms with E-state index >= 15 is 0 Å². The van der Waals surface area contributed by atoms with Crippen LogP contribution in [0.2, 0.25) is 0 Å². The third kappa shape index (κ3) is 2.66. The average molecular weight is 275 g/mol. The van der Waals surface area contributed by atoms with Crippen LogP contribution in [0.5, 0.6) is 5.75 Å². The average Bonchev–Trinajstić information content (AvgIpc) is 2.33. The number of thioether (sulfide) groups is 2. The van der Waals surface area contributed by atoms with Gasteiger partial charge in [0.05, 0.1) is 15.6 Å². The van der Waals surface area contributed by atoms with E-state index in [-0.39, 0.29) is 10.3 Å². The normalized spacial score (nSPS) is 17.0. The number of phenolic OH excluding ortho intramolecular Hbond substituents is 1. The van der Waals surface area contributed by atoms with Crippen LogP contribution in [-0.2, 0) is 0 Å². The Morgan fingerprint density at radius 2 is 2.06 bits per heavy atom. The zero-order valence-corrected chi connectivity index (χ0v) is 10.4. The van der Waals surface area contributed by atoms with Gasteiger partial charge < -0.3 is 5.11 Å². The maximum absolute atomic E-state index is 13.4. The molecule has 1 aromatic rings. The molecule has 0 aliphatic carbocycles. The van der Waals surface area contributed by atoms with Crippen LogP contribution in [0.25, 0.3) is 0 Å². The van der Waals surface area contributed by atoms with Gasteiger partial charge in [0.1, 0.15) is 0 Å². The zero-order valence-electron chi connectivity index (χ0n) is 8.76. The fourth-order valence-electron chi connectivity index (χ4n) is 1.56. The molecule has 0 spiro atoms. The highest BCUT2D eigenvalue weighted by Crippen LogP contribution is 2.48. The molecule has 1 aliphatic heterocycles. The fraction of sp³-hybridized carbons (Fsp3) is 0.400. The number of phenols is 1. The van der Waals surface area contributed by atoms with Crippen molar-refractivity contribution >= 4 is 29.2 Å². The van der Waals surface area contributed by atoms with Gasteiger partial charge in [0.15, 0.2) is 11.6 Å². The Balaban J connectivity index is 2.40. The summed E-state index contributed by atoms with van der Waals surface area (Å²) in [6, 6.07) is 2.01. The molecular weight excluding hydrogens is 265 g/mol. The summed E-state index contributed by atoms with van der Waals surface area (Å²) in [5.74, 6) is 0.437. The third-order valence-corrected chi connectivity index (χ3v) is 5.35. The molecule has 0 saturated carbocycles. The van der Waals surface area contributed by atoms with E-state index in [1.54, 1.807) is 23.5 Å². The van der Waals surface area contributed by atoms with Gasteiger partial charge in [-0.1, -0.05) is 0 Å². The first kappa shape index (κ1) is 12.5. The first-order chi connectivity index (χ1) is 8.09. The monoisotopic (exact) mass is 275 g/mol. The maximum Gasteiger partial charge on any atom is 0.272 e. The third-order valence-electron chi connectivity index (χ3n) is 2.37. The summed E-state index contributed by atoms with van der Waals surface area (Å²) in [6.45, 7) is 0. The molecule has 1 heterocycles. The molecule has 1 aliphatic rings. The summed E-state index contributed by atoms with van der Waals surface area (Å²) >= 11 is 3.15. The highest BCUT2D eigenvalue weighted by molar-refractivity contribution is 8.16. The van der Waals surface area contributed by atoms with Crippen LogP contribution in [0.3, 0.4) is 0 Å². The standard InChI is InChI=1S/C10H10FNO3S2/c11-8-5-6(12(14)15)4-7(9(8)13)10-16-2-1-3-17-10/h4-5,10,13H,1-3H2. The van der Waals surface area contributed by atoms with Crippen molar-refractivity contribution in [2.24, 2.45) is 0 Å². The Kier molecular flexibility index (Phi) is 3.78. The van der Waals surface area contributed by atoms with E-state index < -0.39 is 16.5 Å². The smallest absolute Gasteiger partial charge is 0.272 e. The lowest BCUT2D eigenvalue weighted by Gasteiger charge is -2.21. The Morgan fingerprint density at radius 1 is 1.41 bits per heavy atom. The number of hydrogen-bond donors (Lipinski definition) is 1. The topological polar surface area (TPSA) is 63.4 Å². The summed E-state index contributed by atoms with van der Waals surface area (Å²) < 4.78 is 13.3. The van der Waals surface area contributed by atoms with Crippen molar-refractivity contribution < 1.29 is 14.4 Å². The number of rotatable bonds is 2. The number of nitrogens with zero attached hydrogens (tertiary/aromatic N) is 1. The number of nitro groups is 1. The molecule has 17 heavy (non-hydrogen) atoms. The lowest BCUT2D eigenvalue weighted by Crippen LogP contribution is -2.02. The van der Waals surface area contributed by atoms with Crippen molar-refractivity contribution in [3.63, 3.8) is 0 Å². The van der Waals surface area contributed by atoms with Crippen molar-refractivity contribution in [1.82, 2.24) is 0 Å². The SMILES string of the molecule is O=[N+]([O-])c1cc(F)c(O)c(C2SCCCS2)c1.